The molecule has 0 aliphatic heterocycles. The molecule has 0 radical (unpaired) electrons. The van der Waals surface area contributed by atoms with Gasteiger partial charge in [-0.05, 0) is 84.5 Å². The summed E-state index contributed by atoms with van der Waals surface area (Å²) in [6, 6.07) is 38.5. The summed E-state index contributed by atoms with van der Waals surface area (Å²) in [5.41, 5.74) is 7.41. The molecule has 4 aliphatic carbocycles. The Labute approximate surface area is 236 Å². The maximum absolute atomic E-state index is 4.93. The molecule has 1 aromatic heterocycles. The molecule has 0 amide bonds. The molecule has 0 spiro atoms. The molecule has 4 saturated carbocycles. The predicted molar refractivity (Wildman–Crippen MR) is 161 cm³/mol. The van der Waals surface area contributed by atoms with Crippen LogP contribution in [0.1, 0.15) is 44.1 Å². The highest BCUT2D eigenvalue weighted by molar-refractivity contribution is 5.72. The topological polar surface area (TPSA) is 38.7 Å². The van der Waals surface area contributed by atoms with E-state index in [0.29, 0.717) is 22.9 Å². The number of aromatic nitrogens is 3. The van der Waals surface area contributed by atoms with E-state index in [-0.39, 0.29) is 0 Å². The van der Waals surface area contributed by atoms with Crippen molar-refractivity contribution in [2.24, 2.45) is 17.8 Å². The number of nitrogens with zero attached hydrogens (tertiary/aromatic N) is 3. The zero-order valence-electron chi connectivity index (χ0n) is 22.7. The summed E-state index contributed by atoms with van der Waals surface area (Å²) in [6.07, 6.45) is 8.67. The monoisotopic (exact) mass is 519 g/mol. The van der Waals surface area contributed by atoms with Crippen LogP contribution in [-0.2, 0) is 5.41 Å². The molecular weight excluding hydrogens is 486 g/mol. The van der Waals surface area contributed by atoms with E-state index < -0.39 is 0 Å². The van der Waals surface area contributed by atoms with Gasteiger partial charge in [-0.25, -0.2) is 15.0 Å². The third-order valence-electron chi connectivity index (χ3n) is 9.69. The van der Waals surface area contributed by atoms with Gasteiger partial charge in [0.2, 0.25) is 0 Å². The SMILES string of the molecule is c1ccc(-c2nc(-c3ccccc3)nc(-c3cccc(-c4ccc(C56CC7CC(CC(C7)C5)C6)cc4)c3)n2)cc1. The smallest absolute Gasteiger partial charge is 0.164 e. The zero-order valence-corrected chi connectivity index (χ0v) is 22.7. The van der Waals surface area contributed by atoms with E-state index in [2.05, 4.69) is 72.8 Å². The van der Waals surface area contributed by atoms with Crippen molar-refractivity contribution in [2.75, 3.05) is 0 Å². The lowest BCUT2D eigenvalue weighted by atomic mass is 9.48. The third kappa shape index (κ3) is 4.25. The number of hydrogen-bond acceptors (Lipinski definition) is 3. The second-order valence-corrected chi connectivity index (χ2v) is 12.4. The molecule has 196 valence electrons. The fourth-order valence-electron chi connectivity index (χ4n) is 8.26. The van der Waals surface area contributed by atoms with Gasteiger partial charge < -0.3 is 0 Å². The van der Waals surface area contributed by atoms with E-state index >= 15 is 0 Å². The van der Waals surface area contributed by atoms with Crippen molar-refractivity contribution in [3.8, 4) is 45.3 Å². The van der Waals surface area contributed by atoms with Crippen molar-refractivity contribution >= 4 is 0 Å². The minimum absolute atomic E-state index is 0.432. The highest BCUT2D eigenvalue weighted by Crippen LogP contribution is 2.60. The largest absolute Gasteiger partial charge is 0.208 e. The van der Waals surface area contributed by atoms with E-state index in [1.54, 1.807) is 5.56 Å². The van der Waals surface area contributed by atoms with E-state index in [4.69, 9.17) is 15.0 Å². The molecule has 0 unspecified atom stereocenters. The summed E-state index contributed by atoms with van der Waals surface area (Å²) in [4.78, 5) is 14.7. The molecule has 40 heavy (non-hydrogen) atoms. The summed E-state index contributed by atoms with van der Waals surface area (Å²) in [6.45, 7) is 0. The van der Waals surface area contributed by atoms with Gasteiger partial charge in [0.1, 0.15) is 0 Å². The van der Waals surface area contributed by atoms with E-state index in [1.165, 1.54) is 49.7 Å². The van der Waals surface area contributed by atoms with Crippen LogP contribution in [0.5, 0.6) is 0 Å². The van der Waals surface area contributed by atoms with Gasteiger partial charge in [-0.3, -0.25) is 0 Å². The Bertz CT molecular complexity index is 1560. The van der Waals surface area contributed by atoms with Crippen molar-refractivity contribution in [3.63, 3.8) is 0 Å². The van der Waals surface area contributed by atoms with Gasteiger partial charge in [-0.2, -0.15) is 0 Å². The average molecular weight is 520 g/mol. The average Bonchev–Trinajstić information content (AvgIpc) is 3.01. The molecule has 3 nitrogen and oxygen atoms in total. The molecule has 1 heterocycles. The van der Waals surface area contributed by atoms with Gasteiger partial charge in [0.05, 0.1) is 0 Å². The molecule has 4 bridgehead atoms. The molecule has 4 aliphatic rings. The lowest BCUT2D eigenvalue weighted by molar-refractivity contribution is -0.00518. The Morgan fingerprint density at radius 1 is 0.425 bits per heavy atom. The van der Waals surface area contributed by atoms with Crippen molar-refractivity contribution < 1.29 is 0 Å². The first-order chi connectivity index (χ1) is 19.7. The summed E-state index contributed by atoms with van der Waals surface area (Å²) < 4.78 is 0. The summed E-state index contributed by atoms with van der Waals surface area (Å²) in [5, 5.41) is 0. The minimum Gasteiger partial charge on any atom is -0.208 e. The Kier molecular flexibility index (Phi) is 5.65. The van der Waals surface area contributed by atoms with E-state index in [9.17, 15) is 0 Å². The lowest BCUT2D eigenvalue weighted by Gasteiger charge is -2.57. The molecule has 4 aromatic carbocycles. The van der Waals surface area contributed by atoms with Crippen LogP contribution < -0.4 is 0 Å². The maximum Gasteiger partial charge on any atom is 0.164 e. The minimum atomic E-state index is 0.432. The van der Waals surface area contributed by atoms with Gasteiger partial charge in [0, 0.05) is 16.7 Å². The van der Waals surface area contributed by atoms with Gasteiger partial charge in [0.15, 0.2) is 17.5 Å². The fraction of sp³-hybridized carbons (Fsp3) is 0.270. The molecule has 9 rings (SSSR count). The van der Waals surface area contributed by atoms with Crippen LogP contribution in [0.15, 0.2) is 109 Å². The van der Waals surface area contributed by atoms with Crippen LogP contribution in [0.3, 0.4) is 0 Å². The molecule has 3 heteroatoms. The van der Waals surface area contributed by atoms with Crippen molar-refractivity contribution in [3.05, 3.63) is 115 Å². The van der Waals surface area contributed by atoms with Gasteiger partial charge in [-0.1, -0.05) is 103 Å². The van der Waals surface area contributed by atoms with Crippen LogP contribution >= 0.6 is 0 Å². The Morgan fingerprint density at radius 2 is 0.875 bits per heavy atom. The van der Waals surface area contributed by atoms with Crippen molar-refractivity contribution in [1.82, 2.24) is 15.0 Å². The quantitative estimate of drug-likeness (QED) is 0.232. The third-order valence-corrected chi connectivity index (χ3v) is 9.69. The molecular formula is C37H33N3. The summed E-state index contributed by atoms with van der Waals surface area (Å²) >= 11 is 0. The summed E-state index contributed by atoms with van der Waals surface area (Å²) in [5.74, 6) is 4.96. The second-order valence-electron chi connectivity index (χ2n) is 12.4. The van der Waals surface area contributed by atoms with Crippen LogP contribution in [0.2, 0.25) is 0 Å². The maximum atomic E-state index is 4.93. The van der Waals surface area contributed by atoms with Gasteiger partial charge in [-0.15, -0.1) is 0 Å². The lowest BCUT2D eigenvalue weighted by Crippen LogP contribution is -2.48. The van der Waals surface area contributed by atoms with E-state index in [1.807, 2.05) is 36.4 Å². The second kappa shape index (κ2) is 9.52. The first kappa shape index (κ1) is 23.7. The molecule has 0 saturated heterocycles. The first-order valence-corrected chi connectivity index (χ1v) is 14.8. The number of benzene rings is 4. The standard InChI is InChI=1S/C37H33N3/c1-3-8-29(9-4-1)34-38-35(30-10-5-2-6-11-30)40-36(39-34)32-13-7-12-31(21-32)28-14-16-33(17-15-28)37-22-25-18-26(23-37)20-27(19-25)24-37/h1-17,21,25-27H,18-20,22-24H2. The van der Waals surface area contributed by atoms with Crippen molar-refractivity contribution in [2.45, 2.75) is 43.9 Å². The van der Waals surface area contributed by atoms with E-state index in [0.717, 1.165) is 34.4 Å². The number of rotatable bonds is 5. The van der Waals surface area contributed by atoms with Crippen LogP contribution in [0, 0.1) is 17.8 Å². The van der Waals surface area contributed by atoms with Crippen LogP contribution in [0.4, 0.5) is 0 Å². The molecule has 0 atom stereocenters. The van der Waals surface area contributed by atoms with Gasteiger partial charge in [0.25, 0.3) is 0 Å². The Morgan fingerprint density at radius 3 is 1.40 bits per heavy atom. The predicted octanol–water partition coefficient (Wildman–Crippen LogP) is 9.01. The zero-order chi connectivity index (χ0) is 26.5. The fourth-order valence-corrected chi connectivity index (χ4v) is 8.26. The Balaban J connectivity index is 1.15. The normalized spacial score (nSPS) is 24.8. The Hall–Kier alpha value is -4.11. The summed E-state index contributed by atoms with van der Waals surface area (Å²) in [7, 11) is 0. The molecule has 5 aromatic rings. The highest BCUT2D eigenvalue weighted by Gasteiger charge is 2.51. The molecule has 4 fully saturated rings. The first-order valence-electron chi connectivity index (χ1n) is 14.8. The van der Waals surface area contributed by atoms with Gasteiger partial charge >= 0.3 is 0 Å². The molecule has 0 N–H and O–H groups in total. The number of hydrogen-bond donors (Lipinski definition) is 0. The highest BCUT2D eigenvalue weighted by atomic mass is 15.0. The van der Waals surface area contributed by atoms with Crippen LogP contribution in [-0.4, -0.2) is 15.0 Å². The van der Waals surface area contributed by atoms with Crippen LogP contribution in [0.25, 0.3) is 45.3 Å². The van der Waals surface area contributed by atoms with Crippen molar-refractivity contribution in [1.29, 1.82) is 0 Å².